The van der Waals surface area contributed by atoms with E-state index in [0.29, 0.717) is 0 Å². The Morgan fingerprint density at radius 1 is 1.33 bits per heavy atom. The first kappa shape index (κ1) is 8.00. The minimum Gasteiger partial charge on any atom is -0.344 e. The summed E-state index contributed by atoms with van der Waals surface area (Å²) < 4.78 is 0. The lowest BCUT2D eigenvalue weighted by Crippen LogP contribution is -2.12. The molecule has 0 aliphatic heterocycles. The molecule has 0 spiro atoms. The molecule has 2 aromatic heterocycles. The summed E-state index contributed by atoms with van der Waals surface area (Å²) in [5, 5.41) is 23.1. The van der Waals surface area contributed by atoms with E-state index in [1.54, 1.807) is 0 Å². The Hall–Kier alpha value is -2.10. The molecule has 0 aromatic carbocycles. The molecule has 0 unspecified atom stereocenters. The number of nitrogen functional groups attached to an aromatic ring is 1. The van der Waals surface area contributed by atoms with Gasteiger partial charge >= 0.3 is 0 Å². The molecular formula is C2H6N10. The average molecular weight is 170 g/mol. The molecule has 0 aliphatic rings. The predicted octanol–water partition coefficient (Wildman–Crippen LogP) is -2.27. The van der Waals surface area contributed by atoms with Crippen LogP contribution in [-0.2, 0) is 0 Å². The first-order valence-electron chi connectivity index (χ1n) is 2.65. The van der Waals surface area contributed by atoms with Crippen molar-refractivity contribution in [2.75, 3.05) is 5.84 Å². The lowest BCUT2D eigenvalue weighted by Gasteiger charge is -1.87. The highest BCUT2D eigenvalue weighted by molar-refractivity contribution is 5.38. The fourth-order valence-corrected chi connectivity index (χ4v) is 0.597. The van der Waals surface area contributed by atoms with Gasteiger partial charge in [-0.2, -0.15) is 5.21 Å². The van der Waals surface area contributed by atoms with E-state index in [-0.39, 0.29) is 17.8 Å². The minimum absolute atomic E-state index is 0. The number of aromatic amines is 1. The zero-order chi connectivity index (χ0) is 7.68. The Kier molecular flexibility index (Phi) is 1.92. The lowest BCUT2D eigenvalue weighted by molar-refractivity contribution is 0.757. The molecule has 12 heavy (non-hydrogen) atoms. The summed E-state index contributed by atoms with van der Waals surface area (Å²) in [7, 11) is 0. The Balaban J connectivity index is 0.000000720. The highest BCUT2D eigenvalue weighted by atomic mass is 15.6. The van der Waals surface area contributed by atoms with Gasteiger partial charge in [0.2, 0.25) is 11.6 Å². The van der Waals surface area contributed by atoms with Crippen LogP contribution >= 0.6 is 0 Å². The third kappa shape index (κ3) is 1.05. The van der Waals surface area contributed by atoms with Gasteiger partial charge in [0.25, 0.3) is 0 Å². The molecule has 0 bridgehead atoms. The van der Waals surface area contributed by atoms with Gasteiger partial charge in [0.1, 0.15) is 0 Å². The zero-order valence-corrected chi connectivity index (χ0v) is 5.91. The Morgan fingerprint density at radius 3 is 2.67 bits per heavy atom. The molecule has 2 heterocycles. The van der Waals surface area contributed by atoms with E-state index in [1.807, 2.05) is 0 Å². The van der Waals surface area contributed by atoms with E-state index < -0.39 is 0 Å². The van der Waals surface area contributed by atoms with Crippen LogP contribution in [0.3, 0.4) is 0 Å². The molecule has 10 heteroatoms. The van der Waals surface area contributed by atoms with Gasteiger partial charge in [0.05, 0.1) is 0 Å². The van der Waals surface area contributed by atoms with Gasteiger partial charge in [0, 0.05) is 0 Å². The molecule has 0 atom stereocenters. The van der Waals surface area contributed by atoms with Gasteiger partial charge in [-0.1, -0.05) is 0 Å². The quantitative estimate of drug-likeness (QED) is 0.404. The molecule has 0 aliphatic carbocycles. The minimum atomic E-state index is 0. The normalized spacial score (nSPS) is 9.33. The number of H-pyrrole nitrogens is 1. The molecule has 2 aromatic rings. The van der Waals surface area contributed by atoms with Crippen molar-refractivity contribution in [1.29, 1.82) is 0 Å². The summed E-state index contributed by atoms with van der Waals surface area (Å²) in [6.07, 6.45) is 0. The summed E-state index contributed by atoms with van der Waals surface area (Å²) >= 11 is 0. The summed E-state index contributed by atoms with van der Waals surface area (Å²) in [4.78, 5) is 0.963. The largest absolute Gasteiger partial charge is 0.344 e. The molecule has 0 amide bonds. The summed E-state index contributed by atoms with van der Waals surface area (Å²) in [5.74, 6) is 5.81. The number of rotatable bonds is 1. The highest BCUT2D eigenvalue weighted by Crippen LogP contribution is 2.02. The van der Waals surface area contributed by atoms with Crippen LogP contribution in [0.5, 0.6) is 0 Å². The van der Waals surface area contributed by atoms with Gasteiger partial charge in [-0.3, -0.25) is 0 Å². The topological polar surface area (TPSA) is 159 Å². The molecule has 0 saturated heterocycles. The molecule has 0 radical (unpaired) electrons. The van der Waals surface area contributed by atoms with Crippen LogP contribution in [0.2, 0.25) is 0 Å². The third-order valence-corrected chi connectivity index (χ3v) is 1.04. The maximum atomic E-state index is 5.29. The zero-order valence-electron chi connectivity index (χ0n) is 5.91. The van der Waals surface area contributed by atoms with Gasteiger partial charge in [-0.25, -0.2) is 0 Å². The number of hydrogen-bond donors (Lipinski definition) is 3. The maximum absolute atomic E-state index is 5.29. The standard InChI is InChI=1S/C2H3N9.H3N/c3-11-2(6-9-10-11)1-4-7-8-5-1;/h3H2,(H,4,5,7,8);1H3. The number of nitrogens with one attached hydrogen (secondary N) is 1. The second-order valence-corrected chi connectivity index (χ2v) is 1.68. The Morgan fingerprint density at radius 2 is 2.17 bits per heavy atom. The Bertz CT molecular complexity index is 330. The smallest absolute Gasteiger partial charge is 0.245 e. The molecule has 2 rings (SSSR count). The van der Waals surface area contributed by atoms with Crippen LogP contribution in [0.1, 0.15) is 0 Å². The number of nitrogens with zero attached hydrogens (tertiary/aromatic N) is 7. The van der Waals surface area contributed by atoms with Gasteiger partial charge in [-0.15, -0.1) is 20.1 Å². The monoisotopic (exact) mass is 170 g/mol. The SMILES string of the molecule is N.Nn1nnnc1-c1nn[nH]n1. The second-order valence-electron chi connectivity index (χ2n) is 1.68. The van der Waals surface area contributed by atoms with Crippen LogP contribution in [-0.4, -0.2) is 40.9 Å². The summed E-state index contributed by atoms with van der Waals surface area (Å²) in [6, 6.07) is 0. The van der Waals surface area contributed by atoms with Crippen molar-refractivity contribution in [1.82, 2.24) is 47.1 Å². The van der Waals surface area contributed by atoms with E-state index in [2.05, 4.69) is 36.1 Å². The van der Waals surface area contributed by atoms with E-state index >= 15 is 0 Å². The lowest BCUT2D eigenvalue weighted by atomic mass is 10.6. The number of hydrogen-bond acceptors (Lipinski definition) is 8. The van der Waals surface area contributed by atoms with Crippen molar-refractivity contribution in [3.63, 3.8) is 0 Å². The van der Waals surface area contributed by atoms with Crippen molar-refractivity contribution in [3.05, 3.63) is 0 Å². The van der Waals surface area contributed by atoms with E-state index in [1.165, 1.54) is 0 Å². The first-order chi connectivity index (χ1) is 5.38. The van der Waals surface area contributed by atoms with Gasteiger partial charge in [0.15, 0.2) is 0 Å². The fourth-order valence-electron chi connectivity index (χ4n) is 0.597. The fraction of sp³-hybridized carbons (Fsp3) is 0. The second kappa shape index (κ2) is 2.87. The Labute approximate surface area is 65.7 Å². The molecular weight excluding hydrogens is 164 g/mol. The molecule has 0 saturated carbocycles. The number of nitrogens with two attached hydrogens (primary N) is 1. The number of aromatic nitrogens is 8. The van der Waals surface area contributed by atoms with Crippen molar-refractivity contribution < 1.29 is 0 Å². The average Bonchev–Trinajstić information content (AvgIpc) is 2.55. The summed E-state index contributed by atoms with van der Waals surface area (Å²) in [6.45, 7) is 0. The first-order valence-corrected chi connectivity index (χ1v) is 2.65. The van der Waals surface area contributed by atoms with Crippen molar-refractivity contribution >= 4 is 0 Å². The van der Waals surface area contributed by atoms with Crippen molar-refractivity contribution in [2.45, 2.75) is 0 Å². The van der Waals surface area contributed by atoms with Gasteiger partial charge < -0.3 is 12.0 Å². The maximum Gasteiger partial charge on any atom is 0.245 e. The van der Waals surface area contributed by atoms with Crippen LogP contribution in [0, 0.1) is 0 Å². The van der Waals surface area contributed by atoms with E-state index in [9.17, 15) is 0 Å². The summed E-state index contributed by atoms with van der Waals surface area (Å²) in [5.41, 5.74) is 0. The highest BCUT2D eigenvalue weighted by Gasteiger charge is 2.09. The van der Waals surface area contributed by atoms with Crippen LogP contribution < -0.4 is 12.0 Å². The molecule has 6 N–H and O–H groups in total. The van der Waals surface area contributed by atoms with Crippen LogP contribution in [0.4, 0.5) is 0 Å². The van der Waals surface area contributed by atoms with Crippen molar-refractivity contribution in [2.24, 2.45) is 0 Å². The van der Waals surface area contributed by atoms with E-state index in [4.69, 9.17) is 5.84 Å². The number of tetrazole rings is 2. The van der Waals surface area contributed by atoms with Crippen LogP contribution in [0.15, 0.2) is 0 Å². The molecule has 0 fully saturated rings. The molecule has 10 nitrogen and oxygen atoms in total. The van der Waals surface area contributed by atoms with Crippen molar-refractivity contribution in [3.8, 4) is 11.6 Å². The van der Waals surface area contributed by atoms with E-state index in [0.717, 1.165) is 4.79 Å². The van der Waals surface area contributed by atoms with Crippen LogP contribution in [0.25, 0.3) is 11.6 Å². The molecule has 64 valence electrons. The predicted molar refractivity (Wildman–Crippen MR) is 36.2 cm³/mol. The van der Waals surface area contributed by atoms with Gasteiger partial charge in [-0.05, 0) is 15.6 Å². The third-order valence-electron chi connectivity index (χ3n) is 1.04.